The number of fused-ring (bicyclic) bond motifs is 3. The fourth-order valence-corrected chi connectivity index (χ4v) is 4.66. The maximum atomic E-state index is 4.79. The molecule has 0 saturated carbocycles. The molecule has 4 rings (SSSR count). The van der Waals surface area contributed by atoms with Crippen LogP contribution in [0.2, 0.25) is 0 Å². The summed E-state index contributed by atoms with van der Waals surface area (Å²) in [5.41, 5.74) is 2.53. The smallest absolute Gasteiger partial charge is 0.143 e. The van der Waals surface area contributed by atoms with Crippen LogP contribution in [0.4, 0.5) is 11.5 Å². The highest BCUT2D eigenvalue weighted by Gasteiger charge is 2.21. The molecule has 0 fully saturated rings. The average Bonchev–Trinajstić information content (AvgIpc) is 2.95. The summed E-state index contributed by atoms with van der Waals surface area (Å²) in [6, 6.07) is 8.24. The van der Waals surface area contributed by atoms with E-state index in [0.29, 0.717) is 0 Å². The third-order valence-electron chi connectivity index (χ3n) is 4.28. The van der Waals surface area contributed by atoms with Gasteiger partial charge in [-0.3, -0.25) is 0 Å². The molecule has 3 nitrogen and oxygen atoms in total. The van der Waals surface area contributed by atoms with Gasteiger partial charge in [0.1, 0.15) is 16.5 Å². The van der Waals surface area contributed by atoms with Crippen molar-refractivity contribution in [2.24, 2.45) is 0 Å². The molecular formula is C18H18BrN3S. The van der Waals surface area contributed by atoms with Crippen molar-refractivity contribution in [1.29, 1.82) is 0 Å². The lowest BCUT2D eigenvalue weighted by Crippen LogP contribution is -2.03. The Balaban J connectivity index is 1.85. The van der Waals surface area contributed by atoms with Crippen molar-refractivity contribution in [3.05, 3.63) is 45.0 Å². The van der Waals surface area contributed by atoms with Crippen LogP contribution in [0.15, 0.2) is 28.7 Å². The van der Waals surface area contributed by atoms with Crippen LogP contribution in [0, 0.1) is 0 Å². The number of hydrogen-bond acceptors (Lipinski definition) is 4. The van der Waals surface area contributed by atoms with Crippen LogP contribution in [-0.4, -0.2) is 9.97 Å². The summed E-state index contributed by atoms with van der Waals surface area (Å²) in [4.78, 5) is 12.2. The zero-order chi connectivity index (χ0) is 15.8. The van der Waals surface area contributed by atoms with Gasteiger partial charge in [0.05, 0.1) is 5.39 Å². The Morgan fingerprint density at radius 3 is 2.70 bits per heavy atom. The largest absolute Gasteiger partial charge is 0.340 e. The summed E-state index contributed by atoms with van der Waals surface area (Å²) >= 11 is 5.34. The number of nitrogens with zero attached hydrogens (tertiary/aromatic N) is 2. The van der Waals surface area contributed by atoms with E-state index in [4.69, 9.17) is 9.97 Å². The van der Waals surface area contributed by atoms with Crippen LogP contribution < -0.4 is 5.32 Å². The minimum absolute atomic E-state index is 0.855. The molecule has 1 aromatic carbocycles. The van der Waals surface area contributed by atoms with Crippen molar-refractivity contribution in [1.82, 2.24) is 9.97 Å². The lowest BCUT2D eigenvalue weighted by Gasteiger charge is -2.13. The summed E-state index contributed by atoms with van der Waals surface area (Å²) in [5, 5.41) is 4.76. The molecule has 23 heavy (non-hydrogen) atoms. The quantitative estimate of drug-likeness (QED) is 0.631. The van der Waals surface area contributed by atoms with Gasteiger partial charge in [-0.25, -0.2) is 9.97 Å². The maximum Gasteiger partial charge on any atom is 0.143 e. The highest BCUT2D eigenvalue weighted by molar-refractivity contribution is 9.10. The van der Waals surface area contributed by atoms with Crippen LogP contribution in [0.3, 0.4) is 0 Å². The first-order chi connectivity index (χ1) is 11.2. The first kappa shape index (κ1) is 15.1. The number of anilines is 2. The molecule has 0 aliphatic heterocycles. The van der Waals surface area contributed by atoms with E-state index >= 15 is 0 Å². The molecule has 5 heteroatoms. The van der Waals surface area contributed by atoms with Crippen LogP contribution in [0.1, 0.15) is 36.0 Å². The van der Waals surface area contributed by atoms with Gasteiger partial charge >= 0.3 is 0 Å². The van der Waals surface area contributed by atoms with Crippen molar-refractivity contribution >= 4 is 49.0 Å². The Hall–Kier alpha value is -1.46. The molecule has 3 aromatic rings. The first-order valence-electron chi connectivity index (χ1n) is 8.08. The maximum absolute atomic E-state index is 4.79. The van der Waals surface area contributed by atoms with E-state index in [0.717, 1.165) is 39.5 Å². The molecule has 1 N–H and O–H groups in total. The fourth-order valence-electron chi connectivity index (χ4n) is 3.12. The molecule has 0 radical (unpaired) electrons. The minimum atomic E-state index is 0.855. The Labute approximate surface area is 148 Å². The second kappa shape index (κ2) is 6.21. The summed E-state index contributed by atoms with van der Waals surface area (Å²) in [7, 11) is 0. The summed E-state index contributed by atoms with van der Waals surface area (Å²) in [5.74, 6) is 1.88. The van der Waals surface area contributed by atoms with Crippen molar-refractivity contribution in [3.63, 3.8) is 0 Å². The molecule has 2 aromatic heterocycles. The monoisotopic (exact) mass is 387 g/mol. The van der Waals surface area contributed by atoms with E-state index in [-0.39, 0.29) is 0 Å². The molecule has 0 atom stereocenters. The number of nitrogens with one attached hydrogen (secondary N) is 1. The molecule has 2 heterocycles. The molecule has 118 valence electrons. The molecule has 0 unspecified atom stereocenters. The number of hydrogen-bond donors (Lipinski definition) is 1. The van der Waals surface area contributed by atoms with Crippen molar-refractivity contribution in [2.45, 2.75) is 39.0 Å². The number of halogens is 1. The van der Waals surface area contributed by atoms with Crippen LogP contribution in [0.5, 0.6) is 0 Å². The Kier molecular flexibility index (Phi) is 4.07. The van der Waals surface area contributed by atoms with Crippen molar-refractivity contribution in [2.75, 3.05) is 5.32 Å². The van der Waals surface area contributed by atoms with Gasteiger partial charge in [-0.2, -0.15) is 0 Å². The number of benzene rings is 1. The van der Waals surface area contributed by atoms with Crippen LogP contribution in [-0.2, 0) is 19.3 Å². The first-order valence-corrected chi connectivity index (χ1v) is 9.69. The Bertz CT molecular complexity index is 855. The predicted octanol–water partition coefficient (Wildman–Crippen LogP) is 5.64. The van der Waals surface area contributed by atoms with E-state index < -0.39 is 0 Å². The molecule has 0 saturated heterocycles. The van der Waals surface area contributed by atoms with Gasteiger partial charge in [-0.15, -0.1) is 11.3 Å². The van der Waals surface area contributed by atoms with Crippen LogP contribution >= 0.6 is 27.3 Å². The fraction of sp³-hybridized carbons (Fsp3) is 0.333. The normalized spacial score (nSPS) is 14.0. The molecule has 1 aliphatic rings. The van der Waals surface area contributed by atoms with Gasteiger partial charge < -0.3 is 5.32 Å². The third-order valence-corrected chi connectivity index (χ3v) is 6.00. The zero-order valence-electron chi connectivity index (χ0n) is 13.0. The lowest BCUT2D eigenvalue weighted by molar-refractivity contribution is 0.700. The third kappa shape index (κ3) is 2.88. The average molecular weight is 388 g/mol. The molecular weight excluding hydrogens is 370 g/mol. The minimum Gasteiger partial charge on any atom is -0.340 e. The standard InChI is InChI=1S/C18H18BrN3S/c1-2-15-21-17(20-12-9-7-11(19)8-10-12)16-13-5-3-4-6-14(13)23-18(16)22-15/h7-10H,2-6H2,1H3,(H,20,21,22). The van der Waals surface area contributed by atoms with E-state index in [9.17, 15) is 0 Å². The number of rotatable bonds is 3. The van der Waals surface area contributed by atoms with Gasteiger partial charge in [0, 0.05) is 21.5 Å². The van der Waals surface area contributed by atoms with Gasteiger partial charge in [-0.05, 0) is 55.5 Å². The van der Waals surface area contributed by atoms with E-state index in [1.807, 2.05) is 23.5 Å². The van der Waals surface area contributed by atoms with Gasteiger partial charge in [0.25, 0.3) is 0 Å². The SMILES string of the molecule is CCc1nc(Nc2ccc(Br)cc2)c2c3c(sc2n1)CCCC3. The molecule has 1 aliphatic carbocycles. The summed E-state index contributed by atoms with van der Waals surface area (Å²) in [6.07, 6.45) is 5.76. The molecule has 0 bridgehead atoms. The molecule has 0 spiro atoms. The second-order valence-electron chi connectivity index (χ2n) is 5.86. The van der Waals surface area contributed by atoms with Gasteiger partial charge in [0.2, 0.25) is 0 Å². The highest BCUT2D eigenvalue weighted by Crippen LogP contribution is 2.39. The number of thiophene rings is 1. The van der Waals surface area contributed by atoms with E-state index in [2.05, 4.69) is 40.3 Å². The zero-order valence-corrected chi connectivity index (χ0v) is 15.4. The number of aromatic nitrogens is 2. The number of aryl methyl sites for hydroxylation is 3. The summed E-state index contributed by atoms with van der Waals surface area (Å²) in [6.45, 7) is 2.11. The lowest BCUT2D eigenvalue weighted by atomic mass is 9.97. The van der Waals surface area contributed by atoms with Crippen molar-refractivity contribution < 1.29 is 0 Å². The Morgan fingerprint density at radius 2 is 1.91 bits per heavy atom. The van der Waals surface area contributed by atoms with Crippen LogP contribution in [0.25, 0.3) is 10.2 Å². The van der Waals surface area contributed by atoms with Gasteiger partial charge in [-0.1, -0.05) is 22.9 Å². The Morgan fingerprint density at radius 1 is 1.13 bits per heavy atom. The van der Waals surface area contributed by atoms with E-state index in [1.54, 1.807) is 0 Å². The predicted molar refractivity (Wildman–Crippen MR) is 101 cm³/mol. The van der Waals surface area contributed by atoms with Crippen molar-refractivity contribution in [3.8, 4) is 0 Å². The van der Waals surface area contributed by atoms with Gasteiger partial charge in [0.15, 0.2) is 0 Å². The summed E-state index contributed by atoms with van der Waals surface area (Å²) < 4.78 is 1.08. The topological polar surface area (TPSA) is 37.8 Å². The highest BCUT2D eigenvalue weighted by atomic mass is 79.9. The second-order valence-corrected chi connectivity index (χ2v) is 7.86. The molecule has 0 amide bonds. The van der Waals surface area contributed by atoms with E-state index in [1.165, 1.54) is 35.1 Å².